The van der Waals surface area contributed by atoms with Crippen LogP contribution in [-0.2, 0) is 10.0 Å². The van der Waals surface area contributed by atoms with Crippen LogP contribution in [0.25, 0.3) is 10.2 Å². The van der Waals surface area contributed by atoms with Crippen molar-refractivity contribution in [2.24, 2.45) is 0 Å². The van der Waals surface area contributed by atoms with Gasteiger partial charge >= 0.3 is 0 Å². The summed E-state index contributed by atoms with van der Waals surface area (Å²) in [7, 11) is 1.90. The predicted octanol–water partition coefficient (Wildman–Crippen LogP) is 4.75. The molecule has 0 aliphatic heterocycles. The number of carbonyl (C=O) groups is 1. The number of fused-ring (bicyclic) bond motifs is 1. The highest BCUT2D eigenvalue weighted by molar-refractivity contribution is 7.89. The number of benzene rings is 2. The average molecular weight is 555 g/mol. The van der Waals surface area contributed by atoms with E-state index in [1.54, 1.807) is 24.1 Å². The number of thiazole rings is 1. The highest BCUT2D eigenvalue weighted by atomic mass is 35.5. The molecule has 3 rings (SSSR count). The van der Waals surface area contributed by atoms with Gasteiger partial charge in [-0.3, -0.25) is 9.69 Å². The number of ether oxygens (including phenoxy) is 1. The highest BCUT2D eigenvalue weighted by Crippen LogP contribution is 2.32. The Morgan fingerprint density at radius 2 is 1.72 bits per heavy atom. The molecule has 0 aliphatic carbocycles. The van der Waals surface area contributed by atoms with Gasteiger partial charge in [-0.2, -0.15) is 4.31 Å². The fourth-order valence-corrected chi connectivity index (χ4v) is 6.04. The molecule has 1 heterocycles. The van der Waals surface area contributed by atoms with Gasteiger partial charge in [0.15, 0.2) is 5.13 Å². The minimum Gasteiger partial charge on any atom is -0.497 e. The minimum atomic E-state index is -3.60. The molecule has 198 valence electrons. The van der Waals surface area contributed by atoms with Gasteiger partial charge in [-0.15, -0.1) is 12.4 Å². The molecule has 36 heavy (non-hydrogen) atoms. The maximum atomic E-state index is 13.5. The molecule has 0 radical (unpaired) electrons. The Bertz CT molecular complexity index is 1250. The summed E-state index contributed by atoms with van der Waals surface area (Å²) >= 11 is 1.44. The van der Waals surface area contributed by atoms with Crippen LogP contribution in [-0.4, -0.2) is 75.9 Å². The van der Waals surface area contributed by atoms with E-state index in [1.165, 1.54) is 27.8 Å². The summed E-state index contributed by atoms with van der Waals surface area (Å²) in [5.74, 6) is 0.484. The number of hydrogen-bond donors (Lipinski definition) is 0. The molecule has 2 aromatic carbocycles. The third-order valence-electron chi connectivity index (χ3n) is 5.68. The van der Waals surface area contributed by atoms with Crippen LogP contribution in [0, 0.1) is 0 Å². The van der Waals surface area contributed by atoms with Crippen molar-refractivity contribution >= 4 is 55.0 Å². The molecule has 0 aliphatic rings. The van der Waals surface area contributed by atoms with E-state index in [0.717, 1.165) is 23.1 Å². The van der Waals surface area contributed by atoms with Crippen molar-refractivity contribution in [2.45, 2.75) is 31.6 Å². The first-order valence-corrected chi connectivity index (χ1v) is 14.0. The summed E-state index contributed by atoms with van der Waals surface area (Å²) in [6.45, 7) is 5.86. The predicted molar refractivity (Wildman–Crippen MR) is 149 cm³/mol. The molecule has 0 bridgehead atoms. The van der Waals surface area contributed by atoms with Gasteiger partial charge in [0, 0.05) is 37.8 Å². The van der Waals surface area contributed by atoms with Crippen LogP contribution >= 0.6 is 23.7 Å². The molecule has 11 heteroatoms. The van der Waals surface area contributed by atoms with Crippen molar-refractivity contribution in [1.82, 2.24) is 14.2 Å². The van der Waals surface area contributed by atoms with Crippen molar-refractivity contribution in [3.63, 3.8) is 0 Å². The molecular weight excluding hydrogens is 520 g/mol. The van der Waals surface area contributed by atoms with E-state index in [-0.39, 0.29) is 23.2 Å². The number of unbranched alkanes of at least 4 members (excludes halogenated alkanes) is 1. The highest BCUT2D eigenvalue weighted by Gasteiger charge is 2.25. The smallest absolute Gasteiger partial charge is 0.260 e. The number of likely N-dealkylation sites (N-methyl/N-ethyl adjacent to an activating group) is 1. The van der Waals surface area contributed by atoms with Crippen LogP contribution in [0.1, 0.15) is 37.0 Å². The van der Waals surface area contributed by atoms with Crippen LogP contribution < -0.4 is 9.64 Å². The van der Waals surface area contributed by atoms with E-state index in [4.69, 9.17) is 4.74 Å². The number of methoxy groups -OCH3 is 1. The number of rotatable bonds is 12. The molecule has 1 aromatic heterocycles. The monoisotopic (exact) mass is 554 g/mol. The quantitative estimate of drug-likeness (QED) is 0.321. The Hall–Kier alpha value is -2.24. The number of carbonyl (C=O) groups excluding carboxylic acids is 1. The molecular formula is C25H35ClN4O4S2. The van der Waals surface area contributed by atoms with Gasteiger partial charge in [0.25, 0.3) is 5.91 Å². The topological polar surface area (TPSA) is 83.1 Å². The lowest BCUT2D eigenvalue weighted by Gasteiger charge is -2.23. The summed E-state index contributed by atoms with van der Waals surface area (Å²) in [6, 6.07) is 11.9. The summed E-state index contributed by atoms with van der Waals surface area (Å²) in [6.07, 6.45) is 1.72. The SMILES string of the molecule is CCCCN(CC)S(=O)(=O)c1ccc(C(=O)N(CCN(C)C)c2nc3cc(OC)ccc3s2)cc1.Cl. The van der Waals surface area contributed by atoms with Gasteiger partial charge in [0.05, 0.1) is 22.2 Å². The second-order valence-electron chi connectivity index (χ2n) is 8.46. The maximum Gasteiger partial charge on any atom is 0.260 e. The molecule has 1 amide bonds. The van der Waals surface area contributed by atoms with Crippen LogP contribution in [0.2, 0.25) is 0 Å². The third kappa shape index (κ3) is 6.95. The molecule has 0 unspecified atom stereocenters. The average Bonchev–Trinajstić information content (AvgIpc) is 3.27. The van der Waals surface area contributed by atoms with Crippen molar-refractivity contribution in [3.8, 4) is 5.75 Å². The van der Waals surface area contributed by atoms with E-state index in [0.29, 0.717) is 42.6 Å². The Kier molecular flexibility index (Phi) is 11.1. The van der Waals surface area contributed by atoms with E-state index in [9.17, 15) is 13.2 Å². The Morgan fingerprint density at radius 1 is 1.03 bits per heavy atom. The largest absolute Gasteiger partial charge is 0.497 e. The Morgan fingerprint density at radius 3 is 2.31 bits per heavy atom. The van der Waals surface area contributed by atoms with Crippen LogP contribution in [0.15, 0.2) is 47.4 Å². The van der Waals surface area contributed by atoms with Gasteiger partial charge in [-0.1, -0.05) is 31.6 Å². The van der Waals surface area contributed by atoms with E-state index < -0.39 is 10.0 Å². The van der Waals surface area contributed by atoms with Crippen LogP contribution in [0.4, 0.5) is 5.13 Å². The van der Waals surface area contributed by atoms with Gasteiger partial charge in [-0.25, -0.2) is 13.4 Å². The fraction of sp³-hybridized carbons (Fsp3) is 0.440. The van der Waals surface area contributed by atoms with Crippen molar-refractivity contribution in [1.29, 1.82) is 0 Å². The molecule has 0 saturated carbocycles. The number of halogens is 1. The first-order valence-electron chi connectivity index (χ1n) is 11.7. The molecule has 0 N–H and O–H groups in total. The molecule has 0 saturated heterocycles. The molecule has 8 nitrogen and oxygen atoms in total. The molecule has 3 aromatic rings. The summed E-state index contributed by atoms with van der Waals surface area (Å²) < 4.78 is 33.8. The number of hydrogen-bond acceptors (Lipinski definition) is 7. The second-order valence-corrected chi connectivity index (χ2v) is 11.4. The first-order chi connectivity index (χ1) is 16.7. The van der Waals surface area contributed by atoms with Crippen LogP contribution in [0.5, 0.6) is 5.75 Å². The number of amides is 1. The van der Waals surface area contributed by atoms with E-state index >= 15 is 0 Å². The lowest BCUT2D eigenvalue weighted by Crippen LogP contribution is -2.36. The number of anilines is 1. The van der Waals surface area contributed by atoms with Gasteiger partial charge in [-0.05, 0) is 56.9 Å². The lowest BCUT2D eigenvalue weighted by molar-refractivity contribution is 0.0985. The van der Waals surface area contributed by atoms with Gasteiger partial charge < -0.3 is 9.64 Å². The van der Waals surface area contributed by atoms with Gasteiger partial charge in [0.1, 0.15) is 5.75 Å². The number of sulfonamides is 1. The molecule has 0 atom stereocenters. The van der Waals surface area contributed by atoms with Crippen LogP contribution in [0.3, 0.4) is 0 Å². The van der Waals surface area contributed by atoms with Gasteiger partial charge in [0.2, 0.25) is 10.0 Å². The Balaban J connectivity index is 0.00000456. The Labute approximate surface area is 224 Å². The standard InChI is InChI=1S/C25H34N4O4S2.ClH/c1-6-8-15-28(7-2)35(31,32)21-12-9-19(10-13-21)24(30)29(17-16-27(3)4)25-26-22-18-20(33-5)11-14-23(22)34-25;/h9-14,18H,6-8,15-17H2,1-5H3;1H. The number of nitrogens with zero attached hydrogens (tertiary/aromatic N) is 4. The second kappa shape index (κ2) is 13.3. The van der Waals surface area contributed by atoms with Crippen molar-refractivity contribution in [2.75, 3.05) is 52.3 Å². The zero-order valence-corrected chi connectivity index (χ0v) is 23.9. The van der Waals surface area contributed by atoms with E-state index in [1.807, 2.05) is 51.0 Å². The summed E-state index contributed by atoms with van der Waals surface area (Å²) in [5, 5.41) is 0.591. The molecule has 0 spiro atoms. The zero-order valence-electron chi connectivity index (χ0n) is 21.4. The summed E-state index contributed by atoms with van der Waals surface area (Å²) in [4.78, 5) is 22.1. The van der Waals surface area contributed by atoms with E-state index in [2.05, 4.69) is 4.98 Å². The number of aromatic nitrogens is 1. The first kappa shape index (κ1) is 30.0. The third-order valence-corrected chi connectivity index (χ3v) is 8.73. The zero-order chi connectivity index (χ0) is 25.6. The van der Waals surface area contributed by atoms with Crippen molar-refractivity contribution < 1.29 is 17.9 Å². The minimum absolute atomic E-state index is 0. The maximum absolute atomic E-state index is 13.5. The normalized spacial score (nSPS) is 11.6. The summed E-state index contributed by atoms with van der Waals surface area (Å²) in [5.41, 5.74) is 1.18. The molecule has 0 fully saturated rings. The fourth-order valence-electron chi connectivity index (χ4n) is 3.58. The lowest BCUT2D eigenvalue weighted by atomic mass is 10.2. The van der Waals surface area contributed by atoms with Crippen molar-refractivity contribution in [3.05, 3.63) is 48.0 Å².